The topological polar surface area (TPSA) is 59.8 Å². The zero-order valence-electron chi connectivity index (χ0n) is 14.2. The van der Waals surface area contributed by atoms with E-state index in [1.54, 1.807) is 18.2 Å². The number of allylic oxidation sites excluding steroid dienone is 1. The van der Waals surface area contributed by atoms with Gasteiger partial charge in [-0.05, 0) is 52.3 Å². The Morgan fingerprint density at radius 3 is 2.67 bits per heavy atom. The fraction of sp³-hybridized carbons (Fsp3) is 0.105. The molecule has 0 unspecified atom stereocenters. The molecule has 3 aromatic rings. The molecule has 0 aliphatic rings. The smallest absolute Gasteiger partial charge is 0.234 e. The Morgan fingerprint density at radius 2 is 1.96 bits per heavy atom. The average molecular weight is 447 g/mol. The highest BCUT2D eigenvalue weighted by molar-refractivity contribution is 9.10. The van der Waals surface area contributed by atoms with Crippen molar-refractivity contribution >= 4 is 39.3 Å². The quantitative estimate of drug-likeness (QED) is 0.419. The van der Waals surface area contributed by atoms with Gasteiger partial charge in [0.15, 0.2) is 11.0 Å². The standard InChI is InChI=1S/C19H16BrFN4OS/c1-2-11-25-18(13-7-9-14(21)10-8-13)23-24-19(25)27-12-17(26)22-16-6-4-3-5-15(16)20/h2-10H,1,11-12H2,(H,22,26). The number of anilines is 1. The monoisotopic (exact) mass is 446 g/mol. The van der Waals surface area contributed by atoms with Crippen molar-refractivity contribution in [2.75, 3.05) is 11.1 Å². The number of para-hydroxylation sites is 1. The zero-order valence-corrected chi connectivity index (χ0v) is 16.6. The van der Waals surface area contributed by atoms with Crippen LogP contribution in [0.2, 0.25) is 0 Å². The summed E-state index contributed by atoms with van der Waals surface area (Å²) in [5.74, 6) is 0.318. The highest BCUT2D eigenvalue weighted by Crippen LogP contribution is 2.25. The summed E-state index contributed by atoms with van der Waals surface area (Å²) in [6, 6.07) is 13.4. The van der Waals surface area contributed by atoms with Crippen LogP contribution in [-0.2, 0) is 11.3 Å². The van der Waals surface area contributed by atoms with Gasteiger partial charge < -0.3 is 5.32 Å². The molecule has 0 fully saturated rings. The number of thioether (sulfide) groups is 1. The molecule has 0 bridgehead atoms. The lowest BCUT2D eigenvalue weighted by atomic mass is 10.2. The highest BCUT2D eigenvalue weighted by Gasteiger charge is 2.15. The first-order valence-corrected chi connectivity index (χ1v) is 9.83. The molecule has 1 aromatic heterocycles. The third-order valence-electron chi connectivity index (χ3n) is 3.61. The molecule has 0 atom stereocenters. The minimum absolute atomic E-state index is 0.150. The van der Waals surface area contributed by atoms with E-state index < -0.39 is 0 Å². The summed E-state index contributed by atoms with van der Waals surface area (Å²) in [5.41, 5.74) is 1.46. The van der Waals surface area contributed by atoms with Crippen molar-refractivity contribution in [3.05, 3.63) is 71.5 Å². The van der Waals surface area contributed by atoms with Crippen molar-refractivity contribution in [1.29, 1.82) is 0 Å². The maximum atomic E-state index is 13.2. The van der Waals surface area contributed by atoms with Gasteiger partial charge in [0.2, 0.25) is 5.91 Å². The van der Waals surface area contributed by atoms with Crippen molar-refractivity contribution in [3.8, 4) is 11.4 Å². The zero-order chi connectivity index (χ0) is 19.2. The summed E-state index contributed by atoms with van der Waals surface area (Å²) in [4.78, 5) is 12.2. The van der Waals surface area contributed by atoms with E-state index >= 15 is 0 Å². The first-order chi connectivity index (χ1) is 13.1. The van der Waals surface area contributed by atoms with Gasteiger partial charge in [-0.1, -0.05) is 30.0 Å². The molecule has 0 saturated heterocycles. The Morgan fingerprint density at radius 1 is 1.22 bits per heavy atom. The molecule has 1 amide bonds. The molecule has 8 heteroatoms. The summed E-state index contributed by atoms with van der Waals surface area (Å²) in [5, 5.41) is 11.8. The molecule has 1 N–H and O–H groups in total. The fourth-order valence-corrected chi connectivity index (χ4v) is 3.51. The number of amides is 1. The first-order valence-electron chi connectivity index (χ1n) is 8.05. The van der Waals surface area contributed by atoms with Gasteiger partial charge in [-0.15, -0.1) is 16.8 Å². The molecule has 0 saturated carbocycles. The van der Waals surface area contributed by atoms with E-state index in [0.29, 0.717) is 23.2 Å². The molecule has 0 aliphatic carbocycles. The van der Waals surface area contributed by atoms with Gasteiger partial charge in [0.1, 0.15) is 5.82 Å². The van der Waals surface area contributed by atoms with E-state index in [1.807, 2.05) is 28.8 Å². The number of nitrogens with zero attached hydrogens (tertiary/aromatic N) is 3. The molecule has 5 nitrogen and oxygen atoms in total. The second-order valence-electron chi connectivity index (χ2n) is 5.53. The summed E-state index contributed by atoms with van der Waals surface area (Å²) in [6.45, 7) is 4.24. The number of aromatic nitrogens is 3. The van der Waals surface area contributed by atoms with Gasteiger partial charge >= 0.3 is 0 Å². The van der Waals surface area contributed by atoms with E-state index in [4.69, 9.17) is 0 Å². The lowest BCUT2D eigenvalue weighted by Gasteiger charge is -2.09. The Bertz CT molecular complexity index is 959. The lowest BCUT2D eigenvalue weighted by Crippen LogP contribution is -2.15. The predicted molar refractivity (Wildman–Crippen MR) is 109 cm³/mol. The van der Waals surface area contributed by atoms with Crippen LogP contribution < -0.4 is 5.32 Å². The molecule has 138 valence electrons. The Hall–Kier alpha value is -2.45. The minimum Gasteiger partial charge on any atom is -0.324 e. The van der Waals surface area contributed by atoms with Crippen LogP contribution >= 0.6 is 27.7 Å². The Kier molecular flexibility index (Phi) is 6.41. The second kappa shape index (κ2) is 8.96. The van der Waals surface area contributed by atoms with Gasteiger partial charge in [0.25, 0.3) is 0 Å². The van der Waals surface area contributed by atoms with Crippen LogP contribution in [-0.4, -0.2) is 26.4 Å². The van der Waals surface area contributed by atoms with Crippen molar-refractivity contribution in [3.63, 3.8) is 0 Å². The van der Waals surface area contributed by atoms with E-state index in [0.717, 1.165) is 10.0 Å². The average Bonchev–Trinajstić information content (AvgIpc) is 3.06. The minimum atomic E-state index is -0.313. The van der Waals surface area contributed by atoms with Gasteiger partial charge in [0.05, 0.1) is 11.4 Å². The maximum absolute atomic E-state index is 13.2. The van der Waals surface area contributed by atoms with Crippen molar-refractivity contribution in [2.45, 2.75) is 11.7 Å². The molecular formula is C19H16BrFN4OS. The largest absolute Gasteiger partial charge is 0.324 e. The van der Waals surface area contributed by atoms with Crippen LogP contribution in [0.3, 0.4) is 0 Å². The van der Waals surface area contributed by atoms with Crippen LogP contribution in [0.25, 0.3) is 11.4 Å². The molecule has 0 radical (unpaired) electrons. The predicted octanol–water partition coefficient (Wildman–Crippen LogP) is 4.76. The van der Waals surface area contributed by atoms with Crippen molar-refractivity contribution in [1.82, 2.24) is 14.8 Å². The summed E-state index contributed by atoms with van der Waals surface area (Å²) >= 11 is 4.68. The molecule has 0 aliphatic heterocycles. The molecule has 2 aromatic carbocycles. The summed E-state index contributed by atoms with van der Waals surface area (Å²) in [6.07, 6.45) is 1.72. The first kappa shape index (κ1) is 19.3. The lowest BCUT2D eigenvalue weighted by molar-refractivity contribution is -0.113. The number of carbonyl (C=O) groups excluding carboxylic acids is 1. The third kappa shape index (κ3) is 4.84. The molecule has 0 spiro atoms. The van der Waals surface area contributed by atoms with E-state index in [1.165, 1.54) is 23.9 Å². The highest BCUT2D eigenvalue weighted by atomic mass is 79.9. The van der Waals surface area contributed by atoms with Gasteiger partial charge in [-0.3, -0.25) is 9.36 Å². The Balaban J connectivity index is 1.73. The summed E-state index contributed by atoms with van der Waals surface area (Å²) in [7, 11) is 0. The van der Waals surface area contributed by atoms with Gasteiger partial charge in [0, 0.05) is 16.6 Å². The van der Waals surface area contributed by atoms with Gasteiger partial charge in [-0.25, -0.2) is 4.39 Å². The van der Waals surface area contributed by atoms with E-state index in [9.17, 15) is 9.18 Å². The van der Waals surface area contributed by atoms with E-state index in [-0.39, 0.29) is 17.5 Å². The number of benzene rings is 2. The SMILES string of the molecule is C=CCn1c(SCC(=O)Nc2ccccc2Br)nnc1-c1ccc(F)cc1. The van der Waals surface area contributed by atoms with Crippen molar-refractivity contribution < 1.29 is 9.18 Å². The second-order valence-corrected chi connectivity index (χ2v) is 7.33. The van der Waals surface area contributed by atoms with Crippen LogP contribution in [0, 0.1) is 5.82 Å². The normalized spacial score (nSPS) is 10.6. The number of halogens is 2. The van der Waals surface area contributed by atoms with Crippen molar-refractivity contribution in [2.24, 2.45) is 0 Å². The number of carbonyl (C=O) groups is 1. The third-order valence-corrected chi connectivity index (χ3v) is 5.27. The fourth-order valence-electron chi connectivity index (χ4n) is 2.38. The van der Waals surface area contributed by atoms with Crippen LogP contribution in [0.4, 0.5) is 10.1 Å². The Labute approximate surface area is 168 Å². The number of nitrogens with one attached hydrogen (secondary N) is 1. The van der Waals surface area contributed by atoms with Crippen LogP contribution in [0.15, 0.2) is 70.8 Å². The summed E-state index contributed by atoms with van der Waals surface area (Å²) < 4.78 is 15.8. The maximum Gasteiger partial charge on any atom is 0.234 e. The number of hydrogen-bond donors (Lipinski definition) is 1. The van der Waals surface area contributed by atoms with Gasteiger partial charge in [-0.2, -0.15) is 0 Å². The van der Waals surface area contributed by atoms with Crippen LogP contribution in [0.5, 0.6) is 0 Å². The molecule has 1 heterocycles. The molecule has 27 heavy (non-hydrogen) atoms. The molecule has 3 rings (SSSR count). The molecular weight excluding hydrogens is 431 g/mol. The van der Waals surface area contributed by atoms with Crippen LogP contribution in [0.1, 0.15) is 0 Å². The number of hydrogen-bond acceptors (Lipinski definition) is 4. The number of rotatable bonds is 7. The van der Waals surface area contributed by atoms with E-state index in [2.05, 4.69) is 38.0 Å².